The second-order valence-corrected chi connectivity index (χ2v) is 9.30. The SMILES string of the molecule is Cl.Cl.O=C1CN(C(Cc2ccc(-c3cccc(Cl)c3)cc2)c2cnc[nH]2)CCN1c1cccc(Cl)c1. The van der Waals surface area contributed by atoms with E-state index in [2.05, 4.69) is 45.2 Å². The normalized spacial score (nSPS) is 14.6. The van der Waals surface area contributed by atoms with Crippen molar-refractivity contribution in [3.63, 3.8) is 0 Å². The fourth-order valence-electron chi connectivity index (χ4n) is 4.48. The largest absolute Gasteiger partial charge is 0.347 e. The Morgan fingerprint density at radius 3 is 2.25 bits per heavy atom. The van der Waals surface area contributed by atoms with Crippen molar-refractivity contribution < 1.29 is 4.79 Å². The average Bonchev–Trinajstić information content (AvgIpc) is 3.37. The highest BCUT2D eigenvalue weighted by Gasteiger charge is 2.31. The summed E-state index contributed by atoms with van der Waals surface area (Å²) in [6.07, 6.45) is 4.30. The molecule has 1 aliphatic rings. The summed E-state index contributed by atoms with van der Waals surface area (Å²) in [5.74, 6) is 0.0642. The summed E-state index contributed by atoms with van der Waals surface area (Å²) in [6.45, 7) is 1.69. The van der Waals surface area contributed by atoms with Crippen LogP contribution in [-0.2, 0) is 11.2 Å². The van der Waals surface area contributed by atoms with Gasteiger partial charge in [-0.15, -0.1) is 24.8 Å². The Morgan fingerprint density at radius 1 is 0.889 bits per heavy atom. The van der Waals surface area contributed by atoms with Gasteiger partial charge in [-0.3, -0.25) is 9.69 Å². The molecule has 1 N–H and O–H groups in total. The first-order chi connectivity index (χ1) is 16.6. The number of piperazine rings is 1. The van der Waals surface area contributed by atoms with Crippen molar-refractivity contribution in [3.8, 4) is 11.1 Å². The van der Waals surface area contributed by atoms with Crippen LogP contribution in [0.15, 0.2) is 85.3 Å². The van der Waals surface area contributed by atoms with Gasteiger partial charge in [0.2, 0.25) is 5.91 Å². The average molecular weight is 564 g/mol. The lowest BCUT2D eigenvalue weighted by molar-refractivity contribution is -0.122. The molecule has 36 heavy (non-hydrogen) atoms. The minimum absolute atomic E-state index is 0. The highest BCUT2D eigenvalue weighted by molar-refractivity contribution is 6.31. The number of halogens is 4. The van der Waals surface area contributed by atoms with E-state index in [9.17, 15) is 4.79 Å². The molecular weight excluding hydrogens is 538 g/mol. The van der Waals surface area contributed by atoms with Crippen molar-refractivity contribution in [1.29, 1.82) is 0 Å². The van der Waals surface area contributed by atoms with Crippen molar-refractivity contribution >= 4 is 59.6 Å². The van der Waals surface area contributed by atoms with Crippen LogP contribution in [0.25, 0.3) is 11.1 Å². The maximum atomic E-state index is 13.1. The van der Waals surface area contributed by atoms with E-state index < -0.39 is 0 Å². The van der Waals surface area contributed by atoms with Gasteiger partial charge in [-0.2, -0.15) is 0 Å². The van der Waals surface area contributed by atoms with Gasteiger partial charge in [0.05, 0.1) is 24.6 Å². The second-order valence-electron chi connectivity index (χ2n) is 8.43. The molecule has 0 spiro atoms. The molecule has 9 heteroatoms. The van der Waals surface area contributed by atoms with Crippen LogP contribution in [0.5, 0.6) is 0 Å². The third-order valence-corrected chi connectivity index (χ3v) is 6.70. The van der Waals surface area contributed by atoms with E-state index in [0.29, 0.717) is 18.1 Å². The molecule has 1 unspecified atom stereocenters. The Hall–Kier alpha value is -2.54. The zero-order chi connectivity index (χ0) is 23.5. The number of amides is 1. The number of benzene rings is 3. The van der Waals surface area contributed by atoms with Crippen molar-refractivity contribution in [2.75, 3.05) is 24.5 Å². The lowest BCUT2D eigenvalue weighted by Gasteiger charge is -2.38. The van der Waals surface area contributed by atoms with Gasteiger partial charge in [-0.1, -0.05) is 65.7 Å². The first kappa shape index (κ1) is 28.0. The number of aromatic nitrogens is 2. The van der Waals surface area contributed by atoms with E-state index in [-0.39, 0.29) is 36.8 Å². The Bertz CT molecular complexity index is 1280. The predicted octanol–water partition coefficient (Wildman–Crippen LogP) is 6.86. The predicted molar refractivity (Wildman–Crippen MR) is 152 cm³/mol. The summed E-state index contributed by atoms with van der Waals surface area (Å²) in [7, 11) is 0. The van der Waals surface area contributed by atoms with E-state index in [1.54, 1.807) is 6.33 Å². The number of rotatable bonds is 6. The first-order valence-electron chi connectivity index (χ1n) is 11.2. The molecule has 0 radical (unpaired) electrons. The molecule has 1 atom stereocenters. The molecule has 1 aromatic heterocycles. The number of hydrogen-bond donors (Lipinski definition) is 1. The van der Waals surface area contributed by atoms with Gasteiger partial charge in [-0.25, -0.2) is 4.98 Å². The number of carbonyl (C=O) groups is 1. The number of imidazole rings is 1. The minimum Gasteiger partial charge on any atom is -0.347 e. The molecule has 5 nitrogen and oxygen atoms in total. The van der Waals surface area contributed by atoms with Gasteiger partial charge in [-0.05, 0) is 53.4 Å². The Labute approximate surface area is 233 Å². The molecule has 1 fully saturated rings. The number of hydrogen-bond acceptors (Lipinski definition) is 3. The number of anilines is 1. The highest BCUT2D eigenvalue weighted by Crippen LogP contribution is 2.29. The molecule has 0 aliphatic carbocycles. The highest BCUT2D eigenvalue weighted by atomic mass is 35.5. The van der Waals surface area contributed by atoms with Crippen LogP contribution in [0.4, 0.5) is 5.69 Å². The maximum absolute atomic E-state index is 13.1. The topological polar surface area (TPSA) is 52.2 Å². The zero-order valence-electron chi connectivity index (χ0n) is 19.3. The number of aromatic amines is 1. The number of nitrogens with zero attached hydrogens (tertiary/aromatic N) is 3. The molecule has 188 valence electrons. The molecule has 1 saturated heterocycles. The summed E-state index contributed by atoms with van der Waals surface area (Å²) >= 11 is 12.3. The molecule has 4 aromatic rings. The molecule has 2 heterocycles. The third-order valence-electron chi connectivity index (χ3n) is 6.23. The van der Waals surface area contributed by atoms with Crippen LogP contribution >= 0.6 is 48.0 Å². The van der Waals surface area contributed by atoms with E-state index in [4.69, 9.17) is 23.2 Å². The molecular formula is C27H26Cl4N4O. The maximum Gasteiger partial charge on any atom is 0.241 e. The van der Waals surface area contributed by atoms with E-state index >= 15 is 0 Å². The fraction of sp³-hybridized carbons (Fsp3) is 0.185. The van der Waals surface area contributed by atoms with Crippen LogP contribution < -0.4 is 4.90 Å². The Balaban J connectivity index is 0.00000180. The lowest BCUT2D eigenvalue weighted by Crippen LogP contribution is -2.51. The summed E-state index contributed by atoms with van der Waals surface area (Å²) in [6, 6.07) is 23.8. The molecule has 1 amide bonds. The smallest absolute Gasteiger partial charge is 0.241 e. The third kappa shape index (κ3) is 6.41. The van der Waals surface area contributed by atoms with Gasteiger partial charge in [0.1, 0.15) is 0 Å². The van der Waals surface area contributed by atoms with Crippen LogP contribution in [0.3, 0.4) is 0 Å². The number of carbonyl (C=O) groups excluding carboxylic acids is 1. The standard InChI is InChI=1S/C27H24Cl2N4O.2ClH/c28-22-4-1-3-21(14-22)20-9-7-19(8-10-20)13-26(25-16-30-18-31-25)32-11-12-33(27(34)17-32)24-6-2-5-23(29)15-24;;/h1-10,14-16,18,26H,11-13,17H2,(H,30,31);2*1H. The molecule has 0 saturated carbocycles. The lowest BCUT2D eigenvalue weighted by atomic mass is 9.98. The van der Waals surface area contributed by atoms with E-state index in [1.807, 2.05) is 53.6 Å². The number of H-pyrrole nitrogens is 1. The molecule has 5 rings (SSSR count). The summed E-state index contributed by atoms with van der Waals surface area (Å²) in [5.41, 5.74) is 5.24. The van der Waals surface area contributed by atoms with Crippen molar-refractivity contribution in [2.45, 2.75) is 12.5 Å². The Morgan fingerprint density at radius 2 is 1.61 bits per heavy atom. The van der Waals surface area contributed by atoms with Crippen LogP contribution in [-0.4, -0.2) is 40.4 Å². The fourth-order valence-corrected chi connectivity index (χ4v) is 4.86. The van der Waals surface area contributed by atoms with Gasteiger partial charge < -0.3 is 9.88 Å². The van der Waals surface area contributed by atoms with Crippen LogP contribution in [0.2, 0.25) is 10.0 Å². The van der Waals surface area contributed by atoms with Gasteiger partial charge in [0, 0.05) is 35.0 Å². The van der Waals surface area contributed by atoms with Gasteiger partial charge in [0.25, 0.3) is 0 Å². The second kappa shape index (κ2) is 12.6. The monoisotopic (exact) mass is 562 g/mol. The quantitative estimate of drug-likeness (QED) is 0.279. The summed E-state index contributed by atoms with van der Waals surface area (Å²) in [4.78, 5) is 24.6. The van der Waals surface area contributed by atoms with E-state index in [0.717, 1.165) is 40.5 Å². The zero-order valence-corrected chi connectivity index (χ0v) is 22.5. The van der Waals surface area contributed by atoms with Gasteiger partial charge in [0.15, 0.2) is 0 Å². The summed E-state index contributed by atoms with van der Waals surface area (Å²) in [5, 5.41) is 1.35. The van der Waals surface area contributed by atoms with Crippen molar-refractivity contribution in [2.24, 2.45) is 0 Å². The molecule has 3 aromatic carbocycles. The Kier molecular flexibility index (Phi) is 9.83. The van der Waals surface area contributed by atoms with Crippen LogP contribution in [0.1, 0.15) is 17.3 Å². The molecule has 0 bridgehead atoms. The van der Waals surface area contributed by atoms with Crippen molar-refractivity contribution in [1.82, 2.24) is 14.9 Å². The molecule has 1 aliphatic heterocycles. The minimum atomic E-state index is 0. The number of nitrogens with one attached hydrogen (secondary N) is 1. The van der Waals surface area contributed by atoms with Crippen LogP contribution in [0, 0.1) is 0 Å². The summed E-state index contributed by atoms with van der Waals surface area (Å²) < 4.78 is 0. The van der Waals surface area contributed by atoms with Crippen molar-refractivity contribution in [3.05, 3.63) is 107 Å². The first-order valence-corrected chi connectivity index (χ1v) is 12.0. The van der Waals surface area contributed by atoms with Gasteiger partial charge >= 0.3 is 0 Å². The van der Waals surface area contributed by atoms with E-state index in [1.165, 1.54) is 5.56 Å².